The molecule has 148 valence electrons. The third-order valence-corrected chi connectivity index (χ3v) is 5.02. The van der Waals surface area contributed by atoms with Crippen LogP contribution in [-0.2, 0) is 4.79 Å². The van der Waals surface area contributed by atoms with Gasteiger partial charge in [-0.3, -0.25) is 4.79 Å². The van der Waals surface area contributed by atoms with Gasteiger partial charge in [0.2, 0.25) is 5.91 Å². The molecule has 1 saturated heterocycles. The van der Waals surface area contributed by atoms with E-state index in [1.165, 1.54) is 12.8 Å². The van der Waals surface area contributed by atoms with Crippen molar-refractivity contribution in [3.05, 3.63) is 59.7 Å². The second kappa shape index (κ2) is 9.37. The molecule has 2 aromatic rings. The van der Waals surface area contributed by atoms with E-state index in [1.54, 1.807) is 24.3 Å². The number of hydrogen-bond acceptors (Lipinski definition) is 3. The molecule has 1 aliphatic heterocycles. The Morgan fingerprint density at radius 3 is 1.96 bits per heavy atom. The maximum Gasteiger partial charge on any atom is 0.321 e. The zero-order valence-corrected chi connectivity index (χ0v) is 16.3. The number of benzene rings is 2. The van der Waals surface area contributed by atoms with Crippen LogP contribution < -0.4 is 16.4 Å². The van der Waals surface area contributed by atoms with E-state index in [1.807, 2.05) is 36.1 Å². The van der Waals surface area contributed by atoms with Crippen molar-refractivity contribution in [3.63, 3.8) is 0 Å². The highest BCUT2D eigenvalue weighted by atomic mass is 16.2. The number of nitrogens with zero attached hydrogens (tertiary/aromatic N) is 1. The minimum absolute atomic E-state index is 0.0694. The van der Waals surface area contributed by atoms with Crippen LogP contribution in [0.3, 0.4) is 0 Å². The molecule has 3 amide bonds. The van der Waals surface area contributed by atoms with Gasteiger partial charge in [-0.2, -0.15) is 0 Å². The molecular formula is C22H28N4O2. The summed E-state index contributed by atoms with van der Waals surface area (Å²) in [5.74, 6) is -0.273. The molecule has 2 aromatic carbocycles. The monoisotopic (exact) mass is 380 g/mol. The summed E-state index contributed by atoms with van der Waals surface area (Å²) in [4.78, 5) is 26.6. The predicted molar refractivity (Wildman–Crippen MR) is 112 cm³/mol. The highest BCUT2D eigenvalue weighted by molar-refractivity contribution is 5.96. The zero-order chi connectivity index (χ0) is 19.9. The molecule has 4 N–H and O–H groups in total. The Bertz CT molecular complexity index is 794. The molecule has 0 spiro atoms. The molecule has 1 atom stereocenters. The number of carbonyl (C=O) groups excluding carboxylic acids is 2. The van der Waals surface area contributed by atoms with Crippen molar-refractivity contribution >= 4 is 23.3 Å². The summed E-state index contributed by atoms with van der Waals surface area (Å²) in [6.07, 6.45) is 4.48. The lowest BCUT2D eigenvalue weighted by Gasteiger charge is -2.21. The van der Waals surface area contributed by atoms with Crippen LogP contribution in [0.1, 0.15) is 42.9 Å². The molecule has 1 aliphatic rings. The number of anilines is 2. The molecule has 0 aromatic heterocycles. The van der Waals surface area contributed by atoms with Crippen molar-refractivity contribution in [1.82, 2.24) is 4.90 Å². The molecule has 1 fully saturated rings. The third-order valence-electron chi connectivity index (χ3n) is 5.02. The van der Waals surface area contributed by atoms with Gasteiger partial charge in [0.15, 0.2) is 0 Å². The van der Waals surface area contributed by atoms with Gasteiger partial charge >= 0.3 is 6.03 Å². The van der Waals surface area contributed by atoms with Gasteiger partial charge in [0.1, 0.15) is 6.04 Å². The molecule has 0 radical (unpaired) electrons. The summed E-state index contributed by atoms with van der Waals surface area (Å²) < 4.78 is 0. The lowest BCUT2D eigenvalue weighted by molar-refractivity contribution is -0.117. The van der Waals surface area contributed by atoms with Crippen LogP contribution in [-0.4, -0.2) is 29.9 Å². The predicted octanol–water partition coefficient (Wildman–Crippen LogP) is 4.04. The van der Waals surface area contributed by atoms with Crippen molar-refractivity contribution in [2.24, 2.45) is 5.73 Å². The maximum atomic E-state index is 12.4. The van der Waals surface area contributed by atoms with E-state index < -0.39 is 6.04 Å². The largest absolute Gasteiger partial charge is 0.325 e. The molecule has 3 rings (SSSR count). The van der Waals surface area contributed by atoms with Gasteiger partial charge in [-0.05, 0) is 49.6 Å². The standard InChI is InChI=1S/C22H28N4O2/c1-16-6-8-17(9-7-16)20(23)21(27)24-18-10-12-19(13-11-18)25-22(28)26-14-4-2-3-5-15-26/h6-13,20H,2-5,14-15,23H2,1H3,(H,24,27)(H,25,28). The summed E-state index contributed by atoms with van der Waals surface area (Å²) in [6, 6.07) is 13.9. The van der Waals surface area contributed by atoms with Crippen LogP contribution in [0, 0.1) is 6.92 Å². The van der Waals surface area contributed by atoms with E-state index in [0.29, 0.717) is 11.4 Å². The van der Waals surface area contributed by atoms with Gasteiger partial charge in [0, 0.05) is 24.5 Å². The van der Waals surface area contributed by atoms with Gasteiger partial charge < -0.3 is 21.3 Å². The summed E-state index contributed by atoms with van der Waals surface area (Å²) in [5, 5.41) is 5.74. The van der Waals surface area contributed by atoms with E-state index in [-0.39, 0.29) is 11.9 Å². The minimum Gasteiger partial charge on any atom is -0.325 e. The summed E-state index contributed by atoms with van der Waals surface area (Å²) in [5.41, 5.74) is 9.28. The van der Waals surface area contributed by atoms with Crippen molar-refractivity contribution in [1.29, 1.82) is 0 Å². The number of carbonyl (C=O) groups is 2. The Morgan fingerprint density at radius 2 is 1.39 bits per heavy atom. The zero-order valence-electron chi connectivity index (χ0n) is 16.3. The van der Waals surface area contributed by atoms with Crippen molar-refractivity contribution < 1.29 is 9.59 Å². The molecule has 0 bridgehead atoms. The summed E-state index contributed by atoms with van der Waals surface area (Å²) in [7, 11) is 0. The lowest BCUT2D eigenvalue weighted by atomic mass is 10.1. The van der Waals surface area contributed by atoms with Gasteiger partial charge in [-0.15, -0.1) is 0 Å². The molecule has 1 unspecified atom stereocenters. The van der Waals surface area contributed by atoms with Crippen LogP contribution in [0.25, 0.3) is 0 Å². The number of nitrogens with two attached hydrogens (primary N) is 1. The van der Waals surface area contributed by atoms with Crippen molar-refractivity contribution in [2.75, 3.05) is 23.7 Å². The smallest absolute Gasteiger partial charge is 0.321 e. The van der Waals surface area contributed by atoms with E-state index in [9.17, 15) is 9.59 Å². The summed E-state index contributed by atoms with van der Waals surface area (Å²) in [6.45, 7) is 3.59. The number of nitrogens with one attached hydrogen (secondary N) is 2. The van der Waals surface area contributed by atoms with Crippen molar-refractivity contribution in [3.8, 4) is 0 Å². The Balaban J connectivity index is 1.55. The number of rotatable bonds is 4. The number of urea groups is 1. The molecule has 6 heteroatoms. The minimum atomic E-state index is -0.733. The quantitative estimate of drug-likeness (QED) is 0.748. The number of hydrogen-bond donors (Lipinski definition) is 3. The topological polar surface area (TPSA) is 87.5 Å². The lowest BCUT2D eigenvalue weighted by Crippen LogP contribution is -2.35. The van der Waals surface area contributed by atoms with Gasteiger partial charge in [-0.1, -0.05) is 42.7 Å². The molecular weight excluding hydrogens is 352 g/mol. The second-order valence-corrected chi connectivity index (χ2v) is 7.29. The van der Waals surface area contributed by atoms with Gasteiger partial charge in [0.25, 0.3) is 0 Å². The first-order chi connectivity index (χ1) is 13.5. The maximum absolute atomic E-state index is 12.4. The van der Waals surface area contributed by atoms with E-state index in [0.717, 1.165) is 37.1 Å². The van der Waals surface area contributed by atoms with E-state index >= 15 is 0 Å². The van der Waals surface area contributed by atoms with E-state index in [4.69, 9.17) is 5.73 Å². The number of aryl methyl sites for hydroxylation is 1. The van der Waals surface area contributed by atoms with Crippen LogP contribution in [0.15, 0.2) is 48.5 Å². The fraction of sp³-hybridized carbons (Fsp3) is 0.364. The Labute approximate surface area is 166 Å². The highest BCUT2D eigenvalue weighted by Gasteiger charge is 2.17. The first kappa shape index (κ1) is 19.9. The molecule has 28 heavy (non-hydrogen) atoms. The second-order valence-electron chi connectivity index (χ2n) is 7.29. The van der Waals surface area contributed by atoms with Crippen LogP contribution in [0.5, 0.6) is 0 Å². The highest BCUT2D eigenvalue weighted by Crippen LogP contribution is 2.18. The number of amides is 3. The van der Waals surface area contributed by atoms with Gasteiger partial charge in [-0.25, -0.2) is 4.79 Å². The molecule has 1 heterocycles. The average molecular weight is 380 g/mol. The van der Waals surface area contributed by atoms with E-state index in [2.05, 4.69) is 10.6 Å². The van der Waals surface area contributed by atoms with Crippen LogP contribution >= 0.6 is 0 Å². The molecule has 6 nitrogen and oxygen atoms in total. The first-order valence-electron chi connectivity index (χ1n) is 9.82. The number of likely N-dealkylation sites (tertiary alicyclic amines) is 1. The fourth-order valence-corrected chi connectivity index (χ4v) is 3.26. The third kappa shape index (κ3) is 5.33. The summed E-state index contributed by atoms with van der Waals surface area (Å²) >= 11 is 0. The van der Waals surface area contributed by atoms with Gasteiger partial charge in [0.05, 0.1) is 0 Å². The fourth-order valence-electron chi connectivity index (χ4n) is 3.26. The average Bonchev–Trinajstić information content (AvgIpc) is 2.99. The van der Waals surface area contributed by atoms with Crippen LogP contribution in [0.2, 0.25) is 0 Å². The Morgan fingerprint density at radius 1 is 0.857 bits per heavy atom. The first-order valence-corrected chi connectivity index (χ1v) is 9.82. The Hall–Kier alpha value is -2.86. The SMILES string of the molecule is Cc1ccc(C(N)C(=O)Nc2ccc(NC(=O)N3CCCCCC3)cc2)cc1. The van der Waals surface area contributed by atoms with Crippen molar-refractivity contribution in [2.45, 2.75) is 38.6 Å². The van der Waals surface area contributed by atoms with Crippen LogP contribution in [0.4, 0.5) is 16.2 Å². The normalized spacial score (nSPS) is 15.4. The molecule has 0 saturated carbocycles. The molecule has 0 aliphatic carbocycles. The Kier molecular flexibility index (Phi) is 6.66.